The molecule has 18 heavy (non-hydrogen) atoms. The molecule has 0 saturated heterocycles. The summed E-state index contributed by atoms with van der Waals surface area (Å²) in [5, 5.41) is 6.00. The Balaban J connectivity index is 2.41. The van der Waals surface area contributed by atoms with Crippen LogP contribution in [0, 0.1) is 24.7 Å². The van der Waals surface area contributed by atoms with Gasteiger partial charge in [0, 0.05) is 11.9 Å². The minimum Gasteiger partial charge on any atom is -0.355 e. The zero-order valence-electron chi connectivity index (χ0n) is 12.0. The highest BCUT2D eigenvalue weighted by Crippen LogP contribution is 2.19. The summed E-state index contributed by atoms with van der Waals surface area (Å²) >= 11 is 1.59. The van der Waals surface area contributed by atoms with Crippen molar-refractivity contribution >= 4 is 17.2 Å². The number of hydrogen-bond acceptors (Lipinski definition) is 3. The zero-order chi connectivity index (χ0) is 13.7. The third kappa shape index (κ3) is 4.77. The van der Waals surface area contributed by atoms with Crippen LogP contribution in [-0.2, 0) is 11.2 Å². The van der Waals surface area contributed by atoms with E-state index in [9.17, 15) is 4.79 Å². The maximum atomic E-state index is 11.8. The Bertz CT molecular complexity index is 377. The Morgan fingerprint density at radius 2 is 1.94 bits per heavy atom. The molecule has 1 aromatic heterocycles. The van der Waals surface area contributed by atoms with Crippen molar-refractivity contribution in [3.8, 4) is 0 Å². The van der Waals surface area contributed by atoms with Crippen LogP contribution in [0.5, 0.6) is 0 Å². The molecule has 1 aromatic rings. The molecule has 3 nitrogen and oxygen atoms in total. The summed E-state index contributed by atoms with van der Waals surface area (Å²) < 4.78 is 0. The maximum Gasteiger partial charge on any atom is 0.226 e. The lowest BCUT2D eigenvalue weighted by atomic mass is 9.85. The van der Waals surface area contributed by atoms with Crippen molar-refractivity contribution in [1.82, 2.24) is 10.3 Å². The molecule has 0 aliphatic carbocycles. The minimum atomic E-state index is 0.0756. The van der Waals surface area contributed by atoms with Crippen LogP contribution in [0.1, 0.15) is 38.4 Å². The molecule has 0 radical (unpaired) electrons. The van der Waals surface area contributed by atoms with Gasteiger partial charge in [-0.25, -0.2) is 4.98 Å². The molecular formula is C14H24N2OS. The van der Waals surface area contributed by atoms with Gasteiger partial charge in [0.25, 0.3) is 0 Å². The molecule has 0 fully saturated rings. The van der Waals surface area contributed by atoms with Gasteiger partial charge in [-0.2, -0.15) is 0 Å². The molecule has 4 heteroatoms. The van der Waals surface area contributed by atoms with E-state index in [1.54, 1.807) is 11.3 Å². The normalized spacial score (nSPS) is 11.6. The summed E-state index contributed by atoms with van der Waals surface area (Å²) in [5.74, 6) is 1.79. The highest BCUT2D eigenvalue weighted by Gasteiger charge is 2.18. The Morgan fingerprint density at radius 1 is 1.33 bits per heavy atom. The van der Waals surface area contributed by atoms with Crippen molar-refractivity contribution in [3.05, 3.63) is 16.1 Å². The fraction of sp³-hybridized carbons (Fsp3) is 0.714. The highest BCUT2D eigenvalue weighted by atomic mass is 32.1. The van der Waals surface area contributed by atoms with E-state index < -0.39 is 0 Å². The van der Waals surface area contributed by atoms with Crippen LogP contribution in [0.15, 0.2) is 5.38 Å². The van der Waals surface area contributed by atoms with Crippen molar-refractivity contribution in [1.29, 1.82) is 0 Å². The molecule has 0 aliphatic rings. The summed E-state index contributed by atoms with van der Waals surface area (Å²) in [5.41, 5.74) is 0.876. The van der Waals surface area contributed by atoms with Gasteiger partial charge in [0.15, 0.2) is 0 Å². The van der Waals surface area contributed by atoms with Crippen molar-refractivity contribution in [2.75, 3.05) is 6.54 Å². The van der Waals surface area contributed by atoms with Gasteiger partial charge >= 0.3 is 0 Å². The van der Waals surface area contributed by atoms with E-state index in [1.807, 2.05) is 12.3 Å². The Labute approximate surface area is 114 Å². The number of amides is 1. The SMILES string of the molecule is Cc1nc(CC(=O)NCC(C(C)C)C(C)C)cs1. The van der Waals surface area contributed by atoms with Gasteiger partial charge in [0.05, 0.1) is 17.1 Å². The van der Waals surface area contributed by atoms with Gasteiger partial charge in [-0.05, 0) is 24.7 Å². The van der Waals surface area contributed by atoms with Gasteiger partial charge in [-0.1, -0.05) is 27.7 Å². The molecule has 0 aromatic carbocycles. The summed E-state index contributed by atoms with van der Waals surface area (Å²) in [6, 6.07) is 0. The minimum absolute atomic E-state index is 0.0756. The number of carbonyl (C=O) groups excluding carboxylic acids is 1. The number of carbonyl (C=O) groups is 1. The number of nitrogens with one attached hydrogen (secondary N) is 1. The van der Waals surface area contributed by atoms with Crippen LogP contribution in [-0.4, -0.2) is 17.4 Å². The summed E-state index contributed by atoms with van der Waals surface area (Å²) in [7, 11) is 0. The molecule has 1 rings (SSSR count). The van der Waals surface area contributed by atoms with Crippen molar-refractivity contribution < 1.29 is 4.79 Å². The average molecular weight is 268 g/mol. The molecule has 0 atom stereocenters. The molecule has 1 amide bonds. The first-order valence-electron chi connectivity index (χ1n) is 6.57. The third-order valence-electron chi connectivity index (χ3n) is 3.26. The van der Waals surface area contributed by atoms with Gasteiger partial charge in [0.1, 0.15) is 0 Å². The van der Waals surface area contributed by atoms with Crippen LogP contribution >= 0.6 is 11.3 Å². The molecular weight excluding hydrogens is 244 g/mol. The third-order valence-corrected chi connectivity index (χ3v) is 4.08. The Hall–Kier alpha value is -0.900. The Morgan fingerprint density at radius 3 is 2.39 bits per heavy atom. The van der Waals surface area contributed by atoms with E-state index >= 15 is 0 Å². The van der Waals surface area contributed by atoms with Gasteiger partial charge in [0.2, 0.25) is 5.91 Å². The van der Waals surface area contributed by atoms with E-state index in [1.165, 1.54) is 0 Å². The molecule has 0 aliphatic heterocycles. The lowest BCUT2D eigenvalue weighted by Crippen LogP contribution is -2.34. The zero-order valence-corrected chi connectivity index (χ0v) is 12.8. The molecule has 1 N–H and O–H groups in total. The fourth-order valence-corrected chi connectivity index (χ4v) is 2.80. The van der Waals surface area contributed by atoms with E-state index in [-0.39, 0.29) is 5.91 Å². The first-order chi connectivity index (χ1) is 8.40. The second kappa shape index (κ2) is 6.88. The number of rotatable bonds is 6. The summed E-state index contributed by atoms with van der Waals surface area (Å²) in [4.78, 5) is 16.1. The monoisotopic (exact) mass is 268 g/mol. The van der Waals surface area contributed by atoms with Crippen LogP contribution in [0.4, 0.5) is 0 Å². The summed E-state index contributed by atoms with van der Waals surface area (Å²) in [6.45, 7) is 11.6. The van der Waals surface area contributed by atoms with Crippen LogP contribution in [0.3, 0.4) is 0 Å². The second-order valence-corrected chi connectivity index (χ2v) is 6.55. The van der Waals surface area contributed by atoms with Crippen molar-refractivity contribution in [3.63, 3.8) is 0 Å². The highest BCUT2D eigenvalue weighted by molar-refractivity contribution is 7.09. The Kier molecular flexibility index (Phi) is 5.79. The number of thiazole rings is 1. The molecule has 0 spiro atoms. The molecule has 102 valence electrons. The van der Waals surface area contributed by atoms with Gasteiger partial charge in [-0.3, -0.25) is 4.79 Å². The molecule has 0 bridgehead atoms. The topological polar surface area (TPSA) is 42.0 Å². The van der Waals surface area contributed by atoms with Crippen molar-refractivity contribution in [2.24, 2.45) is 17.8 Å². The number of aryl methyl sites for hydroxylation is 1. The number of hydrogen-bond donors (Lipinski definition) is 1. The smallest absolute Gasteiger partial charge is 0.226 e. The van der Waals surface area contributed by atoms with E-state index in [4.69, 9.17) is 0 Å². The van der Waals surface area contributed by atoms with E-state index in [2.05, 4.69) is 38.0 Å². The van der Waals surface area contributed by atoms with Crippen LogP contribution in [0.2, 0.25) is 0 Å². The van der Waals surface area contributed by atoms with Crippen LogP contribution in [0.25, 0.3) is 0 Å². The standard InChI is InChI=1S/C14H24N2OS/c1-9(2)13(10(3)4)7-15-14(17)6-12-8-18-11(5)16-12/h8-10,13H,6-7H2,1-5H3,(H,15,17). The fourth-order valence-electron chi connectivity index (χ4n) is 2.19. The molecule has 1 heterocycles. The van der Waals surface area contributed by atoms with Crippen molar-refractivity contribution in [2.45, 2.75) is 41.0 Å². The summed E-state index contributed by atoms with van der Waals surface area (Å²) in [6.07, 6.45) is 0.396. The molecule has 0 unspecified atom stereocenters. The second-order valence-electron chi connectivity index (χ2n) is 5.49. The quantitative estimate of drug-likeness (QED) is 0.861. The first kappa shape index (κ1) is 15.2. The predicted molar refractivity (Wildman–Crippen MR) is 76.7 cm³/mol. The van der Waals surface area contributed by atoms with Crippen LogP contribution < -0.4 is 5.32 Å². The first-order valence-corrected chi connectivity index (χ1v) is 7.45. The van der Waals surface area contributed by atoms with Gasteiger partial charge in [-0.15, -0.1) is 11.3 Å². The predicted octanol–water partition coefficient (Wildman–Crippen LogP) is 3.04. The lowest BCUT2D eigenvalue weighted by molar-refractivity contribution is -0.120. The largest absolute Gasteiger partial charge is 0.355 e. The number of nitrogens with zero attached hydrogens (tertiary/aromatic N) is 1. The van der Waals surface area contributed by atoms with Gasteiger partial charge < -0.3 is 5.32 Å². The van der Waals surface area contributed by atoms with E-state index in [0.717, 1.165) is 17.2 Å². The maximum absolute atomic E-state index is 11.8. The number of aromatic nitrogens is 1. The van der Waals surface area contributed by atoms with E-state index in [0.29, 0.717) is 24.2 Å². The average Bonchev–Trinajstić information content (AvgIpc) is 2.62. The molecule has 0 saturated carbocycles. The lowest BCUT2D eigenvalue weighted by Gasteiger charge is -2.24.